The van der Waals surface area contributed by atoms with Crippen molar-refractivity contribution in [1.82, 2.24) is 9.97 Å². The van der Waals surface area contributed by atoms with Crippen LogP contribution in [0.4, 0.5) is 17.2 Å². The maximum Gasteiger partial charge on any atom is 0.227 e. The van der Waals surface area contributed by atoms with Crippen LogP contribution in [-0.4, -0.2) is 18.4 Å². The normalized spacial score (nSPS) is 11.6. The first-order chi connectivity index (χ1) is 10.4. The summed E-state index contributed by atoms with van der Waals surface area (Å²) in [5, 5.41) is -0.330. The lowest BCUT2D eigenvalue weighted by Crippen LogP contribution is -2.11. The standard InChI is InChI=1S/C14H13N5O2S/c15-9-6-7-10-12(11(9)16)19-14(13(17)18-10)22(20,21)8-4-2-1-3-5-8/h1-7H,15-16H2,(H2,17,18). The molecule has 6 N–H and O–H groups in total. The number of sulfone groups is 1. The summed E-state index contributed by atoms with van der Waals surface area (Å²) in [6.07, 6.45) is 0. The molecule has 0 aliphatic carbocycles. The maximum atomic E-state index is 12.6. The Morgan fingerprint density at radius 3 is 2.23 bits per heavy atom. The molecule has 1 heterocycles. The monoisotopic (exact) mass is 315 g/mol. The van der Waals surface area contributed by atoms with Crippen molar-refractivity contribution in [1.29, 1.82) is 0 Å². The molecule has 0 radical (unpaired) electrons. The molecule has 0 atom stereocenters. The molecule has 1 aromatic heterocycles. The highest BCUT2D eigenvalue weighted by atomic mass is 32.2. The summed E-state index contributed by atoms with van der Waals surface area (Å²) in [5.74, 6) is -0.180. The molecule has 2 aromatic carbocycles. The van der Waals surface area contributed by atoms with Crippen LogP contribution in [0, 0.1) is 0 Å². The number of fused-ring (bicyclic) bond motifs is 1. The smallest absolute Gasteiger partial charge is 0.227 e. The number of nitrogens with two attached hydrogens (primary N) is 3. The van der Waals surface area contributed by atoms with Gasteiger partial charge in [-0.3, -0.25) is 0 Å². The highest BCUT2D eigenvalue weighted by Crippen LogP contribution is 2.29. The fourth-order valence-corrected chi connectivity index (χ4v) is 3.34. The Hall–Kier alpha value is -2.87. The van der Waals surface area contributed by atoms with Crippen LogP contribution >= 0.6 is 0 Å². The molecule has 22 heavy (non-hydrogen) atoms. The first-order valence-electron chi connectivity index (χ1n) is 6.32. The van der Waals surface area contributed by atoms with Gasteiger partial charge < -0.3 is 17.2 Å². The van der Waals surface area contributed by atoms with Crippen LogP contribution in [0.25, 0.3) is 11.0 Å². The third-order valence-electron chi connectivity index (χ3n) is 3.21. The van der Waals surface area contributed by atoms with Gasteiger partial charge in [0.15, 0.2) is 5.82 Å². The molecule has 0 spiro atoms. The first kappa shape index (κ1) is 14.1. The Morgan fingerprint density at radius 2 is 1.55 bits per heavy atom. The van der Waals surface area contributed by atoms with Crippen molar-refractivity contribution in [2.45, 2.75) is 9.92 Å². The van der Waals surface area contributed by atoms with Gasteiger partial charge in [-0.1, -0.05) is 18.2 Å². The fraction of sp³-hybridized carbons (Fsp3) is 0. The third-order valence-corrected chi connectivity index (χ3v) is 4.91. The number of benzene rings is 2. The summed E-state index contributed by atoms with van der Waals surface area (Å²) in [5.41, 5.74) is 18.4. The summed E-state index contributed by atoms with van der Waals surface area (Å²) in [4.78, 5) is 8.25. The minimum Gasteiger partial charge on any atom is -0.397 e. The van der Waals surface area contributed by atoms with Crippen LogP contribution in [0.3, 0.4) is 0 Å². The van der Waals surface area contributed by atoms with Crippen molar-refractivity contribution in [3.8, 4) is 0 Å². The van der Waals surface area contributed by atoms with Gasteiger partial charge in [0.05, 0.1) is 21.8 Å². The molecule has 0 saturated carbocycles. The highest BCUT2D eigenvalue weighted by Gasteiger charge is 2.24. The molecule has 0 aliphatic heterocycles. The molecule has 0 amide bonds. The van der Waals surface area contributed by atoms with Crippen LogP contribution < -0.4 is 17.2 Å². The van der Waals surface area contributed by atoms with E-state index in [0.717, 1.165) is 0 Å². The number of hydrogen-bond donors (Lipinski definition) is 3. The second kappa shape index (κ2) is 4.85. The van der Waals surface area contributed by atoms with Crippen molar-refractivity contribution in [3.05, 3.63) is 42.5 Å². The zero-order valence-corrected chi connectivity index (χ0v) is 12.2. The number of aromatic nitrogens is 2. The van der Waals surface area contributed by atoms with Gasteiger partial charge in [0, 0.05) is 0 Å². The SMILES string of the molecule is Nc1ccc2nc(N)c(S(=O)(=O)c3ccccc3)nc2c1N. The van der Waals surface area contributed by atoms with Crippen molar-refractivity contribution in [2.75, 3.05) is 17.2 Å². The molecule has 0 bridgehead atoms. The summed E-state index contributed by atoms with van der Waals surface area (Å²) in [6.45, 7) is 0. The Kier molecular flexibility index (Phi) is 3.10. The molecule has 0 aliphatic rings. The maximum absolute atomic E-state index is 12.6. The van der Waals surface area contributed by atoms with Crippen molar-refractivity contribution in [2.24, 2.45) is 0 Å². The molecule has 112 valence electrons. The van der Waals surface area contributed by atoms with Gasteiger partial charge in [-0.2, -0.15) is 0 Å². The van der Waals surface area contributed by atoms with Crippen LogP contribution in [0.1, 0.15) is 0 Å². The molecular weight excluding hydrogens is 302 g/mol. The Bertz CT molecular complexity index is 971. The quantitative estimate of drug-likeness (QED) is 0.604. The van der Waals surface area contributed by atoms with E-state index in [1.807, 2.05) is 0 Å². The van der Waals surface area contributed by atoms with E-state index in [1.54, 1.807) is 30.3 Å². The zero-order chi connectivity index (χ0) is 15.9. The lowest BCUT2D eigenvalue weighted by molar-refractivity contribution is 0.593. The summed E-state index contributed by atoms with van der Waals surface area (Å²) >= 11 is 0. The van der Waals surface area contributed by atoms with Crippen LogP contribution in [-0.2, 0) is 9.84 Å². The minimum atomic E-state index is -3.89. The van der Waals surface area contributed by atoms with Crippen LogP contribution in [0.15, 0.2) is 52.4 Å². The summed E-state index contributed by atoms with van der Waals surface area (Å²) < 4.78 is 25.3. The van der Waals surface area contributed by atoms with Crippen molar-refractivity contribution >= 4 is 38.1 Å². The predicted octanol–water partition coefficient (Wildman–Crippen LogP) is 1.21. The van der Waals surface area contributed by atoms with Gasteiger partial charge in [-0.15, -0.1) is 0 Å². The average Bonchev–Trinajstić information content (AvgIpc) is 2.51. The lowest BCUT2D eigenvalue weighted by Gasteiger charge is -2.09. The lowest BCUT2D eigenvalue weighted by atomic mass is 10.2. The molecular formula is C14H13N5O2S. The van der Waals surface area contributed by atoms with E-state index in [4.69, 9.17) is 17.2 Å². The fourth-order valence-electron chi connectivity index (χ4n) is 2.07. The number of nitrogens with zero attached hydrogens (tertiary/aromatic N) is 2. The minimum absolute atomic E-state index is 0.0813. The highest BCUT2D eigenvalue weighted by molar-refractivity contribution is 7.91. The van der Waals surface area contributed by atoms with E-state index >= 15 is 0 Å². The van der Waals surface area contributed by atoms with E-state index in [1.165, 1.54) is 12.1 Å². The average molecular weight is 315 g/mol. The van der Waals surface area contributed by atoms with Crippen LogP contribution in [0.5, 0.6) is 0 Å². The second-order valence-corrected chi connectivity index (χ2v) is 6.53. The topological polar surface area (TPSA) is 138 Å². The number of rotatable bonds is 2. The third kappa shape index (κ3) is 2.09. The molecule has 0 unspecified atom stereocenters. The largest absolute Gasteiger partial charge is 0.397 e. The van der Waals surface area contributed by atoms with Crippen molar-refractivity contribution < 1.29 is 8.42 Å². The van der Waals surface area contributed by atoms with Gasteiger partial charge in [-0.05, 0) is 24.3 Å². The molecule has 0 saturated heterocycles. The van der Waals surface area contributed by atoms with E-state index < -0.39 is 9.84 Å². The Morgan fingerprint density at radius 1 is 0.864 bits per heavy atom. The zero-order valence-electron chi connectivity index (χ0n) is 11.4. The van der Waals surface area contributed by atoms with E-state index in [2.05, 4.69) is 9.97 Å². The van der Waals surface area contributed by atoms with Crippen LogP contribution in [0.2, 0.25) is 0 Å². The number of anilines is 3. The molecule has 3 rings (SSSR count). The molecule has 8 heteroatoms. The Balaban J connectivity index is 2.32. The van der Waals surface area contributed by atoms with Gasteiger partial charge in [0.2, 0.25) is 14.9 Å². The van der Waals surface area contributed by atoms with Gasteiger partial charge in [0.25, 0.3) is 0 Å². The first-order valence-corrected chi connectivity index (χ1v) is 7.81. The van der Waals surface area contributed by atoms with E-state index in [9.17, 15) is 8.42 Å². The summed E-state index contributed by atoms with van der Waals surface area (Å²) in [6, 6.07) is 11.0. The Labute approximate surface area is 126 Å². The number of nitrogen functional groups attached to an aromatic ring is 3. The number of hydrogen-bond acceptors (Lipinski definition) is 7. The van der Waals surface area contributed by atoms with Gasteiger partial charge in [0.1, 0.15) is 5.52 Å². The van der Waals surface area contributed by atoms with E-state index in [0.29, 0.717) is 11.2 Å². The predicted molar refractivity (Wildman–Crippen MR) is 84.7 cm³/mol. The van der Waals surface area contributed by atoms with Gasteiger partial charge in [-0.25, -0.2) is 18.4 Å². The van der Waals surface area contributed by atoms with E-state index in [-0.39, 0.29) is 26.9 Å². The molecule has 3 aromatic rings. The molecule has 7 nitrogen and oxygen atoms in total. The molecule has 0 fully saturated rings. The summed E-state index contributed by atoms with van der Waals surface area (Å²) in [7, 11) is -3.89. The second-order valence-electron chi connectivity index (χ2n) is 4.67. The van der Waals surface area contributed by atoms with Crippen molar-refractivity contribution in [3.63, 3.8) is 0 Å². The van der Waals surface area contributed by atoms with Gasteiger partial charge >= 0.3 is 0 Å².